The third-order valence-corrected chi connectivity index (χ3v) is 6.35. The summed E-state index contributed by atoms with van der Waals surface area (Å²) in [5.41, 5.74) is 1.69. The molecule has 0 radical (unpaired) electrons. The number of ether oxygens (including phenoxy) is 1. The van der Waals surface area contributed by atoms with E-state index in [1.54, 1.807) is 13.0 Å². The molecule has 1 aromatic carbocycles. The minimum Gasteiger partial charge on any atom is -0.462 e. The maximum atomic E-state index is 12.6. The largest absolute Gasteiger partial charge is 0.462 e. The molecular weight excluding hydrogens is 384 g/mol. The van der Waals surface area contributed by atoms with Gasteiger partial charge in [-0.3, -0.25) is 4.79 Å². The second-order valence-corrected chi connectivity index (χ2v) is 8.15. The molecule has 1 aliphatic rings. The first-order valence-electron chi connectivity index (χ1n) is 9.73. The summed E-state index contributed by atoms with van der Waals surface area (Å²) in [6.45, 7) is 5.66. The summed E-state index contributed by atoms with van der Waals surface area (Å²) in [6.07, 6.45) is 4.28. The Morgan fingerprint density at radius 1 is 1.38 bits per heavy atom. The molecule has 0 saturated heterocycles. The van der Waals surface area contributed by atoms with Gasteiger partial charge in [-0.1, -0.05) is 36.4 Å². The van der Waals surface area contributed by atoms with E-state index in [-0.39, 0.29) is 12.5 Å². The smallest absolute Gasteiger partial charge is 0.341 e. The summed E-state index contributed by atoms with van der Waals surface area (Å²) in [7, 11) is 0. The predicted molar refractivity (Wildman–Crippen MR) is 114 cm³/mol. The predicted octanol–water partition coefficient (Wildman–Crippen LogP) is 4.78. The number of hydrogen-bond donors (Lipinski definition) is 1. The molecule has 150 valence electrons. The van der Waals surface area contributed by atoms with Gasteiger partial charge in [-0.05, 0) is 37.3 Å². The Hall–Kier alpha value is -2.91. The van der Waals surface area contributed by atoms with E-state index in [9.17, 15) is 14.9 Å². The van der Waals surface area contributed by atoms with Crippen molar-refractivity contribution < 1.29 is 14.3 Å². The number of hydrogen-bond acceptors (Lipinski definition) is 5. The number of fused-ring (bicyclic) bond motifs is 1. The molecular formula is C23H24N2O3S. The molecule has 1 amide bonds. The quantitative estimate of drug-likeness (QED) is 0.528. The fraction of sp³-hybridized carbons (Fsp3) is 0.348. The molecule has 0 aliphatic heterocycles. The molecule has 3 rings (SSSR count). The van der Waals surface area contributed by atoms with Crippen molar-refractivity contribution >= 4 is 28.2 Å². The summed E-state index contributed by atoms with van der Waals surface area (Å²) in [5.74, 6) is -0.586. The Labute approximate surface area is 175 Å². The highest BCUT2D eigenvalue weighted by molar-refractivity contribution is 7.17. The summed E-state index contributed by atoms with van der Waals surface area (Å²) in [5, 5.41) is 13.4. The molecule has 1 atom stereocenters. The van der Waals surface area contributed by atoms with Gasteiger partial charge in [0.15, 0.2) is 0 Å². The minimum atomic E-state index is -0.630. The van der Waals surface area contributed by atoms with E-state index in [0.717, 1.165) is 16.0 Å². The number of amides is 1. The number of anilines is 1. The van der Waals surface area contributed by atoms with Gasteiger partial charge in [0.05, 0.1) is 23.7 Å². The lowest BCUT2D eigenvalue weighted by Crippen LogP contribution is -2.31. The number of rotatable bonds is 7. The van der Waals surface area contributed by atoms with Crippen molar-refractivity contribution in [3.05, 3.63) is 64.6 Å². The van der Waals surface area contributed by atoms with Crippen LogP contribution in [0.25, 0.3) is 0 Å². The summed E-state index contributed by atoms with van der Waals surface area (Å²) in [6, 6.07) is 12.3. The van der Waals surface area contributed by atoms with Crippen LogP contribution in [0.4, 0.5) is 5.00 Å². The van der Waals surface area contributed by atoms with Gasteiger partial charge in [0, 0.05) is 17.7 Å². The van der Waals surface area contributed by atoms with Crippen molar-refractivity contribution in [2.45, 2.75) is 44.4 Å². The Morgan fingerprint density at radius 3 is 2.79 bits per heavy atom. The van der Waals surface area contributed by atoms with Crippen molar-refractivity contribution in [3.63, 3.8) is 0 Å². The van der Waals surface area contributed by atoms with Gasteiger partial charge < -0.3 is 10.1 Å². The van der Waals surface area contributed by atoms with E-state index in [1.165, 1.54) is 11.3 Å². The molecule has 0 fully saturated rings. The maximum Gasteiger partial charge on any atom is 0.341 e. The Balaban J connectivity index is 1.99. The number of esters is 1. The van der Waals surface area contributed by atoms with Crippen LogP contribution in [0.2, 0.25) is 0 Å². The topological polar surface area (TPSA) is 79.2 Å². The van der Waals surface area contributed by atoms with Gasteiger partial charge in [0.1, 0.15) is 5.00 Å². The highest BCUT2D eigenvalue weighted by atomic mass is 32.1. The molecule has 1 heterocycles. The van der Waals surface area contributed by atoms with Crippen LogP contribution in [0.5, 0.6) is 0 Å². The van der Waals surface area contributed by atoms with Gasteiger partial charge in [-0.25, -0.2) is 4.79 Å². The second kappa shape index (κ2) is 9.06. The fourth-order valence-electron chi connectivity index (χ4n) is 3.71. The molecule has 29 heavy (non-hydrogen) atoms. The molecule has 5 nitrogen and oxygen atoms in total. The van der Waals surface area contributed by atoms with E-state index in [0.29, 0.717) is 42.7 Å². The van der Waals surface area contributed by atoms with Crippen molar-refractivity contribution in [1.29, 1.82) is 5.26 Å². The molecule has 0 saturated carbocycles. The Bertz CT molecular complexity index is 958. The number of carbonyl (C=O) groups is 2. The normalized spacial score (nSPS) is 17.7. The average Bonchev–Trinajstić information content (AvgIpc) is 3.09. The van der Waals surface area contributed by atoms with E-state index < -0.39 is 11.4 Å². The Kier molecular flexibility index (Phi) is 6.50. The van der Waals surface area contributed by atoms with Crippen LogP contribution in [0.1, 0.15) is 52.5 Å². The van der Waals surface area contributed by atoms with Crippen LogP contribution in [0.3, 0.4) is 0 Å². The van der Waals surface area contributed by atoms with E-state index in [2.05, 4.69) is 18.0 Å². The second-order valence-electron chi connectivity index (χ2n) is 7.04. The summed E-state index contributed by atoms with van der Waals surface area (Å²) >= 11 is 1.38. The number of benzene rings is 1. The molecule has 1 aromatic heterocycles. The van der Waals surface area contributed by atoms with Crippen molar-refractivity contribution in [3.8, 4) is 6.07 Å². The van der Waals surface area contributed by atoms with Crippen LogP contribution < -0.4 is 5.32 Å². The number of nitrogens with one attached hydrogen (secondary N) is 1. The zero-order chi connectivity index (χ0) is 20.9. The summed E-state index contributed by atoms with van der Waals surface area (Å²) < 4.78 is 5.25. The number of carbonyl (C=O) groups excluding carboxylic acids is 2. The first-order chi connectivity index (χ1) is 14.0. The molecule has 6 heteroatoms. The zero-order valence-electron chi connectivity index (χ0n) is 16.5. The monoisotopic (exact) mass is 408 g/mol. The lowest BCUT2D eigenvalue weighted by atomic mass is 9.70. The van der Waals surface area contributed by atoms with Crippen LogP contribution >= 0.6 is 11.3 Å². The number of nitrogens with zero attached hydrogens (tertiary/aromatic N) is 1. The standard InChI is InChI=1S/C23H24N2O3S/c1-3-5-11-19(26)25-21-20(22(27)28-4-2)17-12-13-23(15-24,14-18(17)29-21)16-9-7-6-8-10-16/h3,6-10H,1,4-5,11-14H2,2H3,(H,25,26). The molecule has 1 unspecified atom stereocenters. The minimum absolute atomic E-state index is 0.163. The maximum absolute atomic E-state index is 12.6. The first-order valence-corrected chi connectivity index (χ1v) is 10.6. The van der Waals surface area contributed by atoms with Crippen molar-refractivity contribution in [2.75, 3.05) is 11.9 Å². The van der Waals surface area contributed by atoms with Crippen LogP contribution in [-0.2, 0) is 27.8 Å². The van der Waals surface area contributed by atoms with E-state index in [1.807, 2.05) is 30.3 Å². The fourth-order valence-corrected chi connectivity index (χ4v) is 5.08. The number of nitriles is 1. The molecule has 1 aliphatic carbocycles. The highest BCUT2D eigenvalue weighted by Crippen LogP contribution is 2.45. The van der Waals surface area contributed by atoms with Crippen LogP contribution in [-0.4, -0.2) is 18.5 Å². The lowest BCUT2D eigenvalue weighted by molar-refractivity contribution is -0.116. The Morgan fingerprint density at radius 2 is 2.14 bits per heavy atom. The molecule has 1 N–H and O–H groups in total. The van der Waals surface area contributed by atoms with E-state index in [4.69, 9.17) is 4.74 Å². The lowest BCUT2D eigenvalue weighted by Gasteiger charge is -2.31. The first kappa shape index (κ1) is 20.8. The van der Waals surface area contributed by atoms with Crippen LogP contribution in [0.15, 0.2) is 43.0 Å². The van der Waals surface area contributed by atoms with Crippen molar-refractivity contribution in [2.24, 2.45) is 0 Å². The van der Waals surface area contributed by atoms with Gasteiger partial charge in [-0.15, -0.1) is 17.9 Å². The molecule has 0 spiro atoms. The third kappa shape index (κ3) is 4.25. The zero-order valence-corrected chi connectivity index (χ0v) is 17.3. The van der Waals surface area contributed by atoms with Gasteiger partial charge in [0.2, 0.25) is 5.91 Å². The molecule has 2 aromatic rings. The third-order valence-electron chi connectivity index (χ3n) is 5.20. The molecule has 0 bridgehead atoms. The number of allylic oxidation sites excluding steroid dienone is 1. The number of thiophene rings is 1. The SMILES string of the molecule is C=CCCC(=O)Nc1sc2c(c1C(=O)OCC)CCC(C#N)(c1ccccc1)C2. The summed E-state index contributed by atoms with van der Waals surface area (Å²) in [4.78, 5) is 25.9. The average molecular weight is 409 g/mol. The van der Waals surface area contributed by atoms with Gasteiger partial charge in [-0.2, -0.15) is 5.26 Å². The van der Waals surface area contributed by atoms with Crippen molar-refractivity contribution in [1.82, 2.24) is 0 Å². The van der Waals surface area contributed by atoms with Gasteiger partial charge >= 0.3 is 5.97 Å². The van der Waals surface area contributed by atoms with E-state index >= 15 is 0 Å². The highest BCUT2D eigenvalue weighted by Gasteiger charge is 2.40. The van der Waals surface area contributed by atoms with Gasteiger partial charge in [0.25, 0.3) is 0 Å². The van der Waals surface area contributed by atoms with Crippen LogP contribution in [0, 0.1) is 11.3 Å².